The average molecular weight is 323 g/mol. The van der Waals surface area contributed by atoms with Crippen molar-refractivity contribution < 1.29 is 21.6 Å². The molecule has 1 heterocycles. The average Bonchev–Trinajstić information content (AvgIpc) is 2.44. The molecule has 2 rings (SSSR count). The second-order valence-corrected chi connectivity index (χ2v) is 6.63. The molecule has 0 radical (unpaired) electrons. The van der Waals surface area contributed by atoms with Crippen LogP contribution in [0.5, 0.6) is 0 Å². The highest BCUT2D eigenvalue weighted by Gasteiger charge is 2.29. The van der Waals surface area contributed by atoms with E-state index in [0.29, 0.717) is 25.1 Å². The van der Waals surface area contributed by atoms with Crippen LogP contribution in [0.1, 0.15) is 12.8 Å². The summed E-state index contributed by atoms with van der Waals surface area (Å²) < 4.78 is 66.8. The van der Waals surface area contributed by atoms with Gasteiger partial charge in [-0.1, -0.05) is 0 Å². The van der Waals surface area contributed by atoms with E-state index in [0.717, 1.165) is 10.7 Å². The zero-order valence-corrected chi connectivity index (χ0v) is 12.0. The van der Waals surface area contributed by atoms with Gasteiger partial charge in [-0.05, 0) is 25.3 Å². The maximum Gasteiger partial charge on any atom is 0.301 e. The van der Waals surface area contributed by atoms with Crippen molar-refractivity contribution in [3.8, 4) is 0 Å². The number of nitrogens with zero attached hydrogens (tertiary/aromatic N) is 1. The second-order valence-electron chi connectivity index (χ2n) is 4.96. The molecule has 0 bridgehead atoms. The lowest BCUT2D eigenvalue weighted by Crippen LogP contribution is -2.44. The van der Waals surface area contributed by atoms with Crippen molar-refractivity contribution in [2.75, 3.05) is 24.4 Å². The van der Waals surface area contributed by atoms with Crippen LogP contribution in [0.4, 0.5) is 18.9 Å². The van der Waals surface area contributed by atoms with E-state index in [1.54, 1.807) is 0 Å². The number of nitrogens with one attached hydrogen (secondary N) is 1. The summed E-state index contributed by atoms with van der Waals surface area (Å²) in [6.07, 6.45) is 1.46. The van der Waals surface area contributed by atoms with E-state index >= 15 is 0 Å². The molecule has 9 heteroatoms. The van der Waals surface area contributed by atoms with E-state index < -0.39 is 33.3 Å². The van der Waals surface area contributed by atoms with Crippen molar-refractivity contribution in [3.05, 3.63) is 29.6 Å². The van der Waals surface area contributed by atoms with E-state index in [4.69, 9.17) is 5.73 Å². The van der Waals surface area contributed by atoms with Gasteiger partial charge in [0.05, 0.1) is 5.69 Å². The summed E-state index contributed by atoms with van der Waals surface area (Å²) >= 11 is 0. The molecule has 118 valence electrons. The summed E-state index contributed by atoms with van der Waals surface area (Å²) in [7, 11) is -4.03. The Labute approximate surface area is 121 Å². The molecule has 21 heavy (non-hydrogen) atoms. The van der Waals surface area contributed by atoms with Crippen molar-refractivity contribution in [1.29, 1.82) is 0 Å². The van der Waals surface area contributed by atoms with Crippen molar-refractivity contribution in [2.24, 2.45) is 11.7 Å². The van der Waals surface area contributed by atoms with Crippen LogP contribution in [0.25, 0.3) is 0 Å². The van der Waals surface area contributed by atoms with Crippen molar-refractivity contribution in [3.63, 3.8) is 0 Å². The fraction of sp³-hybridized carbons (Fsp3) is 0.500. The Morgan fingerprint density at radius 1 is 1.24 bits per heavy atom. The summed E-state index contributed by atoms with van der Waals surface area (Å²) in [5.41, 5.74) is 4.91. The molecule has 0 spiro atoms. The van der Waals surface area contributed by atoms with Crippen LogP contribution in [-0.2, 0) is 10.2 Å². The number of nitrogens with two attached hydrogens (primary N) is 1. The van der Waals surface area contributed by atoms with Crippen LogP contribution in [0, 0.1) is 23.4 Å². The second kappa shape index (κ2) is 6.20. The number of piperidine rings is 1. The number of rotatable bonds is 4. The standard InChI is InChI=1S/C12H16F3N3O2S/c13-9-4-11(15)12(5-10(9)14)17-21(19,20)18-3-1-2-8(6-16)7-18/h4-5,8,17H,1-3,6-7,16H2. The molecule has 0 aliphatic carbocycles. The Morgan fingerprint density at radius 2 is 1.90 bits per heavy atom. The van der Waals surface area contributed by atoms with Crippen molar-refractivity contribution in [2.45, 2.75) is 12.8 Å². The molecule has 1 fully saturated rings. The number of hydrogen-bond donors (Lipinski definition) is 2. The Kier molecular flexibility index (Phi) is 4.74. The van der Waals surface area contributed by atoms with Crippen molar-refractivity contribution in [1.82, 2.24) is 4.31 Å². The molecule has 5 nitrogen and oxygen atoms in total. The Balaban J connectivity index is 2.19. The number of halogens is 3. The largest absolute Gasteiger partial charge is 0.330 e. The highest BCUT2D eigenvalue weighted by Crippen LogP contribution is 2.23. The molecule has 1 aromatic rings. The zero-order valence-electron chi connectivity index (χ0n) is 11.2. The van der Waals surface area contributed by atoms with Gasteiger partial charge in [-0.3, -0.25) is 4.72 Å². The normalized spacial score (nSPS) is 20.5. The predicted molar refractivity (Wildman–Crippen MR) is 72.2 cm³/mol. The monoisotopic (exact) mass is 323 g/mol. The first-order valence-electron chi connectivity index (χ1n) is 6.46. The van der Waals surface area contributed by atoms with E-state index in [2.05, 4.69) is 0 Å². The maximum atomic E-state index is 13.5. The topological polar surface area (TPSA) is 75.4 Å². The van der Waals surface area contributed by atoms with Crippen LogP contribution in [0.3, 0.4) is 0 Å². The molecular formula is C12H16F3N3O2S. The van der Waals surface area contributed by atoms with E-state index in [-0.39, 0.29) is 19.0 Å². The smallest absolute Gasteiger partial charge is 0.301 e. The third kappa shape index (κ3) is 3.66. The Bertz CT molecular complexity index is 624. The summed E-state index contributed by atoms with van der Waals surface area (Å²) in [5.74, 6) is -3.85. The van der Waals surface area contributed by atoms with Gasteiger partial charge in [-0.25, -0.2) is 13.2 Å². The predicted octanol–water partition coefficient (Wildman–Crippen LogP) is 1.43. The number of hydrogen-bond acceptors (Lipinski definition) is 3. The molecule has 1 aliphatic rings. The first-order valence-corrected chi connectivity index (χ1v) is 7.90. The van der Waals surface area contributed by atoms with Gasteiger partial charge in [0.25, 0.3) is 0 Å². The third-order valence-corrected chi connectivity index (χ3v) is 4.89. The fourth-order valence-corrected chi connectivity index (χ4v) is 3.58. The highest BCUT2D eigenvalue weighted by atomic mass is 32.2. The van der Waals surface area contributed by atoms with Gasteiger partial charge in [-0.2, -0.15) is 12.7 Å². The summed E-state index contributed by atoms with van der Waals surface area (Å²) in [6, 6.07) is 0.776. The van der Waals surface area contributed by atoms with Gasteiger partial charge in [-0.15, -0.1) is 0 Å². The summed E-state index contributed by atoms with van der Waals surface area (Å²) in [4.78, 5) is 0. The van der Waals surface area contributed by atoms with Crippen LogP contribution in [0.15, 0.2) is 12.1 Å². The molecule has 0 aromatic heterocycles. The molecule has 1 aliphatic heterocycles. The quantitative estimate of drug-likeness (QED) is 0.823. The Morgan fingerprint density at radius 3 is 2.57 bits per heavy atom. The molecule has 3 N–H and O–H groups in total. The molecule has 0 amide bonds. The summed E-state index contributed by atoms with van der Waals surface area (Å²) in [6.45, 7) is 0.847. The molecule has 0 saturated carbocycles. The minimum atomic E-state index is -4.03. The molecule has 1 unspecified atom stereocenters. The molecule has 1 atom stereocenters. The van der Waals surface area contributed by atoms with Gasteiger partial charge in [0, 0.05) is 25.2 Å². The first kappa shape index (κ1) is 16.1. The van der Waals surface area contributed by atoms with Gasteiger partial charge in [0.15, 0.2) is 11.6 Å². The number of benzene rings is 1. The van der Waals surface area contributed by atoms with E-state index in [1.807, 2.05) is 4.72 Å². The SMILES string of the molecule is NCC1CCCN(S(=O)(=O)Nc2cc(F)c(F)cc2F)C1. The third-order valence-electron chi connectivity index (χ3n) is 3.40. The van der Waals surface area contributed by atoms with Gasteiger partial charge in [0.2, 0.25) is 0 Å². The minimum Gasteiger partial charge on any atom is -0.330 e. The molecular weight excluding hydrogens is 307 g/mol. The van der Waals surface area contributed by atoms with Crippen LogP contribution < -0.4 is 10.5 Å². The van der Waals surface area contributed by atoms with Crippen molar-refractivity contribution >= 4 is 15.9 Å². The lowest BCUT2D eigenvalue weighted by molar-refractivity contribution is 0.272. The van der Waals surface area contributed by atoms with Gasteiger partial charge < -0.3 is 5.73 Å². The number of anilines is 1. The first-order chi connectivity index (χ1) is 9.83. The van der Waals surface area contributed by atoms with Crippen LogP contribution >= 0.6 is 0 Å². The lowest BCUT2D eigenvalue weighted by Gasteiger charge is -2.31. The van der Waals surface area contributed by atoms with Gasteiger partial charge >= 0.3 is 10.2 Å². The Hall–Kier alpha value is -1.32. The van der Waals surface area contributed by atoms with E-state index in [9.17, 15) is 21.6 Å². The van der Waals surface area contributed by atoms with E-state index in [1.165, 1.54) is 0 Å². The van der Waals surface area contributed by atoms with Crippen LogP contribution in [-0.4, -0.2) is 32.4 Å². The zero-order chi connectivity index (χ0) is 15.6. The van der Waals surface area contributed by atoms with Gasteiger partial charge in [0.1, 0.15) is 5.82 Å². The fourth-order valence-electron chi connectivity index (χ4n) is 2.24. The molecule has 1 saturated heterocycles. The maximum absolute atomic E-state index is 13.5. The summed E-state index contributed by atoms with van der Waals surface area (Å²) in [5, 5.41) is 0. The highest BCUT2D eigenvalue weighted by molar-refractivity contribution is 7.90. The minimum absolute atomic E-state index is 0.0325. The van der Waals surface area contributed by atoms with Crippen LogP contribution in [0.2, 0.25) is 0 Å². The molecule has 1 aromatic carbocycles. The lowest BCUT2D eigenvalue weighted by atomic mass is 10.0.